The number of hydrogen-bond acceptors (Lipinski definition) is 27. The van der Waals surface area contributed by atoms with Gasteiger partial charge in [-0.3, -0.25) is 4.79 Å². The fourth-order valence-corrected chi connectivity index (χ4v) is 7.59. The smallest absolute Gasteiger partial charge is 0.340 e. The van der Waals surface area contributed by atoms with E-state index in [1.54, 1.807) is 0 Å². The van der Waals surface area contributed by atoms with Crippen molar-refractivity contribution in [3.8, 4) is 69.0 Å². The molecule has 3 aliphatic heterocycles. The lowest BCUT2D eigenvalue weighted by Crippen LogP contribution is -2.70. The molecule has 4 aliphatic rings. The van der Waals surface area contributed by atoms with Gasteiger partial charge in [-0.15, -0.1) is 0 Å². The molecule has 4 aromatic rings. The van der Waals surface area contributed by atoms with Crippen LogP contribution in [0.5, 0.6) is 69.0 Å². The number of phenolic OH excluding ortho intramolecular Hbond substituents is 11. The molecule has 0 saturated carbocycles. The van der Waals surface area contributed by atoms with Gasteiger partial charge in [0.05, 0.1) is 33.7 Å². The van der Waals surface area contributed by atoms with Crippen LogP contribution in [-0.4, -0.2) is 156 Å². The lowest BCUT2D eigenvalue weighted by atomic mass is 9.70. The Labute approximate surface area is 374 Å². The predicted octanol–water partition coefficient (Wildman–Crippen LogP) is -1.08. The highest BCUT2D eigenvalue weighted by Crippen LogP contribution is 2.58. The summed E-state index contributed by atoms with van der Waals surface area (Å²) in [6, 6.07) is 3.80. The quantitative estimate of drug-likeness (QED) is 0.0453. The summed E-state index contributed by atoms with van der Waals surface area (Å²) in [5.41, 5.74) is -5.56. The molecule has 27 heteroatoms. The highest BCUT2D eigenvalue weighted by Gasteiger charge is 2.70. The van der Waals surface area contributed by atoms with Crippen LogP contribution < -0.4 is 4.74 Å². The lowest BCUT2D eigenvalue weighted by Gasteiger charge is -2.49. The summed E-state index contributed by atoms with van der Waals surface area (Å²) in [4.78, 5) is 83.4. The predicted molar refractivity (Wildman–Crippen MR) is 205 cm³/mol. The standard InChI is InChI=1S/C41H30O27/c42-15-1-10(2-16(43)26(15)50)34(54)62-9-22-30-32(65-35(55)11-3-17(44)27(51)18(45)4-11)33(39(63-22)67-36(56)12-5-19(46)28(52)20(47)6-12)66-37(57)13-7-21(48)29(53)31-24(13)25-14(38(58)64-30)8-23(49)41(61,68-31)40(25,59)60/h1-8,22,25,30,32-33,39,42-48,50-53,59-61H,9H2/t22-,25+,30-,32+,33+,39-,41+/m1/s1. The van der Waals surface area contributed by atoms with Crippen molar-refractivity contribution in [2.24, 2.45) is 0 Å². The molecule has 0 unspecified atom stereocenters. The molecular weight excluding hydrogens is 924 g/mol. The average Bonchev–Trinajstić information content (AvgIpc) is 3.28. The summed E-state index contributed by atoms with van der Waals surface area (Å²) in [6.07, 6.45) is -12.1. The van der Waals surface area contributed by atoms with E-state index in [1.807, 2.05) is 0 Å². The minimum atomic E-state index is -3.98. The molecule has 4 bridgehead atoms. The molecule has 8 rings (SSSR count). The van der Waals surface area contributed by atoms with Crippen molar-refractivity contribution in [2.45, 2.75) is 48.2 Å². The van der Waals surface area contributed by atoms with E-state index in [0.717, 1.165) is 0 Å². The lowest BCUT2D eigenvalue weighted by molar-refractivity contribution is -0.339. The Hall–Kier alpha value is -8.92. The molecule has 1 saturated heterocycles. The number of aliphatic hydroxyl groups is 3. The number of ketones is 1. The molecule has 0 aromatic heterocycles. The van der Waals surface area contributed by atoms with Gasteiger partial charge in [0.15, 0.2) is 75.5 Å². The van der Waals surface area contributed by atoms with Crippen LogP contribution >= 0.6 is 0 Å². The molecule has 0 spiro atoms. The molecule has 14 N–H and O–H groups in total. The van der Waals surface area contributed by atoms with E-state index in [-0.39, 0.29) is 6.08 Å². The van der Waals surface area contributed by atoms with E-state index in [0.29, 0.717) is 42.5 Å². The fourth-order valence-electron chi connectivity index (χ4n) is 7.59. The highest BCUT2D eigenvalue weighted by atomic mass is 16.8. The third kappa shape index (κ3) is 7.18. The van der Waals surface area contributed by atoms with E-state index in [1.165, 1.54) is 0 Å². The number of ether oxygens (including phenoxy) is 7. The van der Waals surface area contributed by atoms with Gasteiger partial charge in [-0.25, -0.2) is 24.0 Å². The summed E-state index contributed by atoms with van der Waals surface area (Å²) >= 11 is 0. The third-order valence-corrected chi connectivity index (χ3v) is 10.9. The van der Waals surface area contributed by atoms with E-state index in [2.05, 4.69) is 0 Å². The van der Waals surface area contributed by atoms with Gasteiger partial charge >= 0.3 is 35.6 Å². The molecule has 356 valence electrons. The highest BCUT2D eigenvalue weighted by molar-refractivity contribution is 6.08. The van der Waals surface area contributed by atoms with Gasteiger partial charge in [0.2, 0.25) is 23.9 Å². The van der Waals surface area contributed by atoms with Gasteiger partial charge in [-0.05, 0) is 48.5 Å². The van der Waals surface area contributed by atoms with E-state index in [9.17, 15) is 100 Å². The second-order valence-corrected chi connectivity index (χ2v) is 15.1. The molecule has 0 radical (unpaired) electrons. The van der Waals surface area contributed by atoms with Crippen molar-refractivity contribution in [3.05, 3.63) is 81.9 Å². The van der Waals surface area contributed by atoms with Crippen LogP contribution in [0.1, 0.15) is 52.9 Å². The number of fused-ring (bicyclic) bond motifs is 3. The number of esters is 5. The second-order valence-electron chi connectivity index (χ2n) is 15.1. The van der Waals surface area contributed by atoms with Gasteiger partial charge in [0.25, 0.3) is 5.79 Å². The number of carbonyl (C=O) groups is 6. The van der Waals surface area contributed by atoms with Crippen LogP contribution in [0.4, 0.5) is 0 Å². The normalized spacial score (nSPS) is 24.5. The summed E-state index contributed by atoms with van der Waals surface area (Å²) in [7, 11) is 0. The van der Waals surface area contributed by atoms with Crippen molar-refractivity contribution < 1.29 is 133 Å². The first kappa shape index (κ1) is 45.6. The molecule has 4 aromatic carbocycles. The Morgan fingerprint density at radius 3 is 1.54 bits per heavy atom. The number of phenols is 11. The van der Waals surface area contributed by atoms with Gasteiger partial charge < -0.3 is 105 Å². The Bertz CT molecular complexity index is 2870. The summed E-state index contributed by atoms with van der Waals surface area (Å²) in [5.74, 6) is -34.3. The average molecular weight is 955 g/mol. The molecule has 1 aliphatic carbocycles. The van der Waals surface area contributed by atoms with Crippen LogP contribution in [0, 0.1) is 0 Å². The maximum Gasteiger partial charge on any atom is 0.340 e. The molecule has 27 nitrogen and oxygen atoms in total. The zero-order valence-electron chi connectivity index (χ0n) is 33.4. The number of rotatable bonds is 7. The first-order valence-corrected chi connectivity index (χ1v) is 19.0. The summed E-state index contributed by atoms with van der Waals surface area (Å²) < 4.78 is 38.6. The van der Waals surface area contributed by atoms with E-state index < -0.39 is 193 Å². The third-order valence-electron chi connectivity index (χ3n) is 10.9. The van der Waals surface area contributed by atoms with Crippen molar-refractivity contribution in [2.75, 3.05) is 6.61 Å². The second kappa shape index (κ2) is 15.9. The minimum Gasteiger partial charge on any atom is -0.504 e. The molecule has 0 amide bonds. The van der Waals surface area contributed by atoms with Crippen LogP contribution in [0.25, 0.3) is 0 Å². The maximum absolute atomic E-state index is 14.5. The van der Waals surface area contributed by atoms with Crippen LogP contribution in [-0.2, 0) is 38.0 Å². The monoisotopic (exact) mass is 954 g/mol. The van der Waals surface area contributed by atoms with Crippen molar-refractivity contribution >= 4 is 35.6 Å². The molecule has 3 heterocycles. The van der Waals surface area contributed by atoms with Crippen molar-refractivity contribution in [1.29, 1.82) is 0 Å². The van der Waals surface area contributed by atoms with Crippen LogP contribution in [0.2, 0.25) is 0 Å². The SMILES string of the molecule is O=C1O[C@H]2[C@H](OC(=O)c3cc(O)c(O)c(O)c3)[C@H](OC(=O)c3cc(O)c(O)c4c3[C@@H]3C1=CC(=O)[C@](O)(O4)C3(O)O)[C@@H](OC(=O)c1cc(O)c(O)c(O)c1)O[C@@H]2COC(=O)c1cc(O)c(O)c(O)c1. The number of hydrogen-bond donors (Lipinski definition) is 14. The van der Waals surface area contributed by atoms with Crippen LogP contribution in [0.3, 0.4) is 0 Å². The Balaban J connectivity index is 1.32. The van der Waals surface area contributed by atoms with Crippen LogP contribution in [0.15, 0.2) is 54.1 Å². The number of benzene rings is 4. The molecular formula is C41H30O27. The summed E-state index contributed by atoms with van der Waals surface area (Å²) in [6.45, 7) is -1.28. The maximum atomic E-state index is 14.5. The van der Waals surface area contributed by atoms with Gasteiger partial charge in [-0.1, -0.05) is 0 Å². The van der Waals surface area contributed by atoms with E-state index in [4.69, 9.17) is 33.2 Å². The topological polar surface area (TPSA) is 450 Å². The number of carbonyl (C=O) groups excluding carboxylic acids is 6. The molecule has 7 atom stereocenters. The molecule has 68 heavy (non-hydrogen) atoms. The number of aromatic hydroxyl groups is 11. The summed E-state index contributed by atoms with van der Waals surface area (Å²) in [5, 5.41) is 146. The minimum absolute atomic E-state index is 0.258. The Morgan fingerprint density at radius 2 is 1.03 bits per heavy atom. The van der Waals surface area contributed by atoms with Gasteiger partial charge in [0, 0.05) is 5.56 Å². The van der Waals surface area contributed by atoms with Crippen molar-refractivity contribution in [1.82, 2.24) is 0 Å². The zero-order chi connectivity index (χ0) is 49.6. The first-order chi connectivity index (χ1) is 31.8. The van der Waals surface area contributed by atoms with Gasteiger partial charge in [-0.2, -0.15) is 0 Å². The van der Waals surface area contributed by atoms with Gasteiger partial charge in [0.1, 0.15) is 12.7 Å². The van der Waals surface area contributed by atoms with E-state index >= 15 is 0 Å². The Kier molecular flexibility index (Phi) is 10.7. The first-order valence-electron chi connectivity index (χ1n) is 19.0. The zero-order valence-corrected chi connectivity index (χ0v) is 33.4. The largest absolute Gasteiger partial charge is 0.504 e. The molecule has 1 fully saturated rings. The van der Waals surface area contributed by atoms with Crippen molar-refractivity contribution in [3.63, 3.8) is 0 Å². The fraction of sp³-hybridized carbons (Fsp3) is 0.220. The Morgan fingerprint density at radius 1 is 0.574 bits per heavy atom.